The van der Waals surface area contributed by atoms with Crippen molar-refractivity contribution in [1.29, 1.82) is 0 Å². The van der Waals surface area contributed by atoms with Crippen molar-refractivity contribution in [3.8, 4) is 0 Å². The molecule has 0 aromatic carbocycles. The number of rotatable bonds is 11. The van der Waals surface area contributed by atoms with Gasteiger partial charge in [-0.3, -0.25) is 9.59 Å². The molecule has 21 heavy (non-hydrogen) atoms. The van der Waals surface area contributed by atoms with Crippen LogP contribution < -0.4 is 0 Å². The first-order valence-electron chi connectivity index (χ1n) is 6.99. The van der Waals surface area contributed by atoms with Crippen molar-refractivity contribution in [3.05, 3.63) is 34.9 Å². The normalized spacial score (nSPS) is 14.0. The summed E-state index contributed by atoms with van der Waals surface area (Å²) in [5.41, 5.74) is 0.838. The SMILES string of the molecule is C/C(=C\C(=O)CCCCCC(=O)O)C[C@@H](O)/C=C/C=C/Br. The lowest BCUT2D eigenvalue weighted by Gasteiger charge is -2.05. The number of hydrogen-bond donors (Lipinski definition) is 2. The van der Waals surface area contributed by atoms with E-state index >= 15 is 0 Å². The predicted octanol–water partition coefficient (Wildman–Crippen LogP) is 3.75. The summed E-state index contributed by atoms with van der Waals surface area (Å²) in [5.74, 6) is -0.770. The van der Waals surface area contributed by atoms with Gasteiger partial charge in [0.1, 0.15) is 0 Å². The van der Waals surface area contributed by atoms with Gasteiger partial charge in [-0.15, -0.1) is 0 Å². The number of carbonyl (C=O) groups is 2. The average molecular weight is 359 g/mol. The molecule has 0 aromatic heterocycles. The molecule has 0 saturated heterocycles. The number of carboxylic acid groups (broad SMARTS) is 1. The van der Waals surface area contributed by atoms with Crippen molar-refractivity contribution < 1.29 is 19.8 Å². The molecule has 0 rings (SSSR count). The molecular weight excluding hydrogens is 336 g/mol. The van der Waals surface area contributed by atoms with Crippen LogP contribution in [0, 0.1) is 0 Å². The van der Waals surface area contributed by atoms with Gasteiger partial charge in [0.25, 0.3) is 0 Å². The second-order valence-corrected chi connectivity index (χ2v) is 5.41. The summed E-state index contributed by atoms with van der Waals surface area (Å²) < 4.78 is 0. The Labute approximate surface area is 134 Å². The topological polar surface area (TPSA) is 74.6 Å². The Bertz CT molecular complexity index is 411. The third kappa shape index (κ3) is 13.5. The Morgan fingerprint density at radius 1 is 1.14 bits per heavy atom. The van der Waals surface area contributed by atoms with Gasteiger partial charge in [0.2, 0.25) is 0 Å². The van der Waals surface area contributed by atoms with Crippen LogP contribution in [0.5, 0.6) is 0 Å². The molecule has 0 radical (unpaired) electrons. The first-order chi connectivity index (χ1) is 9.95. The molecule has 118 valence electrons. The van der Waals surface area contributed by atoms with Crippen molar-refractivity contribution in [1.82, 2.24) is 0 Å². The van der Waals surface area contributed by atoms with Crippen molar-refractivity contribution in [2.24, 2.45) is 0 Å². The fourth-order valence-electron chi connectivity index (χ4n) is 1.79. The van der Waals surface area contributed by atoms with Crippen LogP contribution in [0.3, 0.4) is 0 Å². The van der Waals surface area contributed by atoms with Crippen LogP contribution in [0.1, 0.15) is 45.4 Å². The third-order valence-corrected chi connectivity index (χ3v) is 3.07. The minimum atomic E-state index is -0.797. The summed E-state index contributed by atoms with van der Waals surface area (Å²) in [6.07, 6.45) is 9.17. The average Bonchev–Trinajstić information content (AvgIpc) is 2.37. The first-order valence-corrected chi connectivity index (χ1v) is 7.90. The van der Waals surface area contributed by atoms with Gasteiger partial charge in [-0.1, -0.05) is 46.2 Å². The maximum atomic E-state index is 11.7. The molecule has 0 saturated carbocycles. The van der Waals surface area contributed by atoms with Crippen LogP contribution in [0.4, 0.5) is 0 Å². The highest BCUT2D eigenvalue weighted by molar-refractivity contribution is 9.11. The largest absolute Gasteiger partial charge is 0.481 e. The zero-order valence-corrected chi connectivity index (χ0v) is 13.9. The van der Waals surface area contributed by atoms with E-state index in [4.69, 9.17) is 5.11 Å². The molecule has 0 spiro atoms. The van der Waals surface area contributed by atoms with Gasteiger partial charge in [-0.05, 0) is 37.2 Å². The van der Waals surface area contributed by atoms with Crippen molar-refractivity contribution in [3.63, 3.8) is 0 Å². The molecule has 0 amide bonds. The van der Waals surface area contributed by atoms with E-state index in [1.165, 1.54) is 0 Å². The minimum absolute atomic E-state index is 0.0272. The number of allylic oxidation sites excluding steroid dienone is 3. The summed E-state index contributed by atoms with van der Waals surface area (Å²) in [5, 5.41) is 18.2. The van der Waals surface area contributed by atoms with Crippen LogP contribution >= 0.6 is 15.9 Å². The molecule has 2 N–H and O–H groups in total. The molecule has 0 aliphatic carbocycles. The van der Waals surface area contributed by atoms with E-state index < -0.39 is 12.1 Å². The van der Waals surface area contributed by atoms with E-state index in [9.17, 15) is 14.7 Å². The number of carbonyl (C=O) groups excluding carboxylic acids is 1. The highest BCUT2D eigenvalue weighted by Gasteiger charge is 2.04. The van der Waals surface area contributed by atoms with Gasteiger partial charge in [-0.2, -0.15) is 0 Å². The summed E-state index contributed by atoms with van der Waals surface area (Å²) in [6, 6.07) is 0. The Balaban J connectivity index is 3.96. The molecule has 4 nitrogen and oxygen atoms in total. The van der Waals surface area contributed by atoms with Gasteiger partial charge in [0, 0.05) is 12.8 Å². The van der Waals surface area contributed by atoms with Crippen LogP contribution in [0.15, 0.2) is 34.9 Å². The molecule has 0 unspecified atom stereocenters. The monoisotopic (exact) mass is 358 g/mol. The fraction of sp³-hybridized carbons (Fsp3) is 0.500. The molecule has 0 aliphatic rings. The number of ketones is 1. The number of aliphatic hydroxyl groups is 1. The molecule has 0 aromatic rings. The third-order valence-electron chi connectivity index (χ3n) is 2.77. The number of hydrogen-bond acceptors (Lipinski definition) is 3. The predicted molar refractivity (Wildman–Crippen MR) is 87.3 cm³/mol. The van der Waals surface area contributed by atoms with E-state index in [1.54, 1.807) is 29.3 Å². The van der Waals surface area contributed by atoms with Gasteiger partial charge in [0.05, 0.1) is 6.10 Å². The van der Waals surface area contributed by atoms with Gasteiger partial charge >= 0.3 is 5.97 Å². The van der Waals surface area contributed by atoms with Crippen LogP contribution in [-0.4, -0.2) is 28.1 Å². The van der Waals surface area contributed by atoms with E-state index in [-0.39, 0.29) is 12.2 Å². The molecular formula is C16H23BrO4. The smallest absolute Gasteiger partial charge is 0.303 e. The van der Waals surface area contributed by atoms with Crippen LogP contribution in [0.25, 0.3) is 0 Å². The maximum absolute atomic E-state index is 11.7. The summed E-state index contributed by atoms with van der Waals surface area (Å²) in [7, 11) is 0. The Morgan fingerprint density at radius 2 is 1.81 bits per heavy atom. The van der Waals surface area contributed by atoms with Crippen LogP contribution in [-0.2, 0) is 9.59 Å². The second kappa shape index (κ2) is 12.5. The molecule has 1 atom stereocenters. The zero-order valence-electron chi connectivity index (χ0n) is 12.3. The zero-order chi connectivity index (χ0) is 16.1. The number of aliphatic carboxylic acids is 1. The van der Waals surface area contributed by atoms with E-state index in [2.05, 4.69) is 15.9 Å². The Kier molecular flexibility index (Phi) is 11.8. The van der Waals surface area contributed by atoms with E-state index in [0.29, 0.717) is 25.7 Å². The molecule has 0 bridgehead atoms. The standard InChI is InChI=1S/C16H23BrO4/c1-13(12-15(19)8-5-6-10-17)11-14(18)7-3-2-4-9-16(20)21/h5-6,8,10-11,15,19H,2-4,7,9,12H2,1H3,(H,20,21)/b8-5+,10-6+,13-11+/t15-/m0/s1. The molecule has 5 heteroatoms. The van der Waals surface area contributed by atoms with Crippen molar-refractivity contribution in [2.45, 2.75) is 51.6 Å². The number of carboxylic acids is 1. The van der Waals surface area contributed by atoms with Crippen molar-refractivity contribution in [2.75, 3.05) is 0 Å². The number of unbranched alkanes of at least 4 members (excludes halogenated alkanes) is 2. The highest BCUT2D eigenvalue weighted by atomic mass is 79.9. The van der Waals surface area contributed by atoms with Gasteiger partial charge in [-0.25, -0.2) is 0 Å². The maximum Gasteiger partial charge on any atom is 0.303 e. The van der Waals surface area contributed by atoms with Crippen molar-refractivity contribution >= 4 is 27.7 Å². The number of halogens is 1. The van der Waals surface area contributed by atoms with Gasteiger partial charge < -0.3 is 10.2 Å². The highest BCUT2D eigenvalue weighted by Crippen LogP contribution is 2.09. The molecule has 0 fully saturated rings. The van der Waals surface area contributed by atoms with E-state index in [0.717, 1.165) is 12.0 Å². The Hall–Kier alpha value is -1.20. The minimum Gasteiger partial charge on any atom is -0.481 e. The lowest BCUT2D eigenvalue weighted by atomic mass is 10.0. The Morgan fingerprint density at radius 3 is 2.43 bits per heavy atom. The van der Waals surface area contributed by atoms with Gasteiger partial charge in [0.15, 0.2) is 5.78 Å². The summed E-state index contributed by atoms with van der Waals surface area (Å²) in [4.78, 5) is 23.7. The molecule has 0 heterocycles. The lowest BCUT2D eigenvalue weighted by Crippen LogP contribution is -2.04. The quantitative estimate of drug-likeness (QED) is 0.335. The fourth-order valence-corrected chi connectivity index (χ4v) is 1.97. The lowest BCUT2D eigenvalue weighted by molar-refractivity contribution is -0.137. The molecule has 0 aliphatic heterocycles. The van der Waals surface area contributed by atoms with E-state index in [1.807, 2.05) is 6.92 Å². The summed E-state index contributed by atoms with van der Waals surface area (Å²) >= 11 is 3.12. The summed E-state index contributed by atoms with van der Waals surface area (Å²) in [6.45, 7) is 1.82. The number of aliphatic hydroxyl groups excluding tert-OH is 1. The second-order valence-electron chi connectivity index (χ2n) is 4.89. The van der Waals surface area contributed by atoms with Crippen LogP contribution in [0.2, 0.25) is 0 Å². The first kappa shape index (κ1) is 19.8.